The van der Waals surface area contributed by atoms with Crippen molar-refractivity contribution in [3.05, 3.63) is 35.4 Å². The minimum atomic E-state index is 0.148. The second-order valence-electron chi connectivity index (χ2n) is 5.09. The number of likely N-dealkylation sites (tertiary alicyclic amines) is 1. The normalized spacial score (nSPS) is 20.9. The van der Waals surface area contributed by atoms with Crippen LogP contribution < -0.4 is 0 Å². The van der Waals surface area contributed by atoms with Gasteiger partial charge in [0.1, 0.15) is 0 Å². The first kappa shape index (κ1) is 13.2. The number of hydrogen-bond donors (Lipinski definition) is 1. The number of Topliss-reactive ketones (excluding diaryl/α,β-unsaturated/α-hetero) is 1. The van der Waals surface area contributed by atoms with Crippen LogP contribution in [0.3, 0.4) is 0 Å². The van der Waals surface area contributed by atoms with Gasteiger partial charge in [-0.15, -0.1) is 0 Å². The van der Waals surface area contributed by atoms with Crippen LogP contribution in [0, 0.1) is 6.92 Å². The molecule has 3 heteroatoms. The molecule has 1 unspecified atom stereocenters. The fourth-order valence-electron chi connectivity index (χ4n) is 2.49. The number of aryl methyl sites for hydroxylation is 1. The molecule has 0 saturated carbocycles. The summed E-state index contributed by atoms with van der Waals surface area (Å²) in [4.78, 5) is 14.3. The Bertz CT molecular complexity index is 399. The van der Waals surface area contributed by atoms with Gasteiger partial charge in [0.15, 0.2) is 5.78 Å². The summed E-state index contributed by atoms with van der Waals surface area (Å²) < 4.78 is 0. The van der Waals surface area contributed by atoms with E-state index in [1.165, 1.54) is 0 Å². The fourth-order valence-corrected chi connectivity index (χ4v) is 2.49. The molecule has 0 aliphatic carbocycles. The van der Waals surface area contributed by atoms with Crippen molar-refractivity contribution >= 4 is 5.78 Å². The zero-order valence-electron chi connectivity index (χ0n) is 10.9. The quantitative estimate of drug-likeness (QED) is 0.828. The van der Waals surface area contributed by atoms with Crippen LogP contribution in [0.2, 0.25) is 0 Å². The predicted molar refractivity (Wildman–Crippen MR) is 71.8 cm³/mol. The Labute approximate surface area is 108 Å². The lowest BCUT2D eigenvalue weighted by molar-refractivity contribution is 0.0711. The average molecular weight is 247 g/mol. The number of piperidine rings is 1. The highest BCUT2D eigenvalue weighted by Crippen LogP contribution is 2.17. The number of benzene rings is 1. The highest BCUT2D eigenvalue weighted by Gasteiger charge is 2.23. The summed E-state index contributed by atoms with van der Waals surface area (Å²) in [6.07, 6.45) is 3.27. The molecule has 1 heterocycles. The maximum absolute atomic E-state index is 12.2. The highest BCUT2D eigenvalue weighted by molar-refractivity contribution is 5.97. The van der Waals surface area contributed by atoms with Gasteiger partial charge in [-0.05, 0) is 26.3 Å². The summed E-state index contributed by atoms with van der Waals surface area (Å²) in [5, 5.41) is 9.33. The summed E-state index contributed by atoms with van der Waals surface area (Å²) in [6, 6.07) is 7.86. The Kier molecular flexibility index (Phi) is 4.50. The molecule has 3 nitrogen and oxygen atoms in total. The Balaban J connectivity index is 1.99. The van der Waals surface area contributed by atoms with Gasteiger partial charge in [-0.25, -0.2) is 0 Å². The van der Waals surface area contributed by atoms with Crippen LogP contribution in [0.4, 0.5) is 0 Å². The van der Waals surface area contributed by atoms with Gasteiger partial charge >= 0.3 is 0 Å². The van der Waals surface area contributed by atoms with Crippen LogP contribution in [-0.2, 0) is 0 Å². The van der Waals surface area contributed by atoms with Gasteiger partial charge < -0.3 is 5.11 Å². The second-order valence-corrected chi connectivity index (χ2v) is 5.09. The van der Waals surface area contributed by atoms with E-state index < -0.39 is 0 Å². The van der Waals surface area contributed by atoms with Gasteiger partial charge in [0.25, 0.3) is 0 Å². The summed E-state index contributed by atoms with van der Waals surface area (Å²) in [6.45, 7) is 3.51. The zero-order valence-corrected chi connectivity index (χ0v) is 10.9. The number of nitrogens with zero attached hydrogens (tertiary/aromatic N) is 1. The standard InChI is InChI=1S/C15H21NO2/c1-12-5-7-13(8-6-12)15(18)10-16-9-3-2-4-14(16)11-17/h5-8,14,17H,2-4,9-11H2,1H3. The van der Waals surface area contributed by atoms with Gasteiger partial charge in [-0.3, -0.25) is 9.69 Å². The molecule has 0 spiro atoms. The molecule has 18 heavy (non-hydrogen) atoms. The second kappa shape index (κ2) is 6.12. The SMILES string of the molecule is Cc1ccc(C(=O)CN2CCCCC2CO)cc1. The van der Waals surface area contributed by atoms with Crippen LogP contribution in [0.15, 0.2) is 24.3 Å². The molecule has 1 aliphatic heterocycles. The van der Waals surface area contributed by atoms with Crippen LogP contribution >= 0.6 is 0 Å². The van der Waals surface area contributed by atoms with Gasteiger partial charge in [0, 0.05) is 11.6 Å². The molecule has 0 bridgehead atoms. The smallest absolute Gasteiger partial charge is 0.176 e. The number of aliphatic hydroxyl groups is 1. The van der Waals surface area contributed by atoms with Crippen molar-refractivity contribution < 1.29 is 9.90 Å². The van der Waals surface area contributed by atoms with E-state index in [-0.39, 0.29) is 18.4 Å². The van der Waals surface area contributed by atoms with Crippen molar-refractivity contribution in [1.82, 2.24) is 4.90 Å². The van der Waals surface area contributed by atoms with Crippen molar-refractivity contribution in [2.75, 3.05) is 19.7 Å². The number of hydrogen-bond acceptors (Lipinski definition) is 3. The average Bonchev–Trinajstić information content (AvgIpc) is 2.40. The summed E-state index contributed by atoms with van der Waals surface area (Å²) in [5.74, 6) is 0.148. The number of carbonyl (C=O) groups excluding carboxylic acids is 1. The first-order chi connectivity index (χ1) is 8.70. The van der Waals surface area contributed by atoms with Crippen molar-refractivity contribution in [2.24, 2.45) is 0 Å². The van der Waals surface area contributed by atoms with E-state index in [1.54, 1.807) is 0 Å². The monoisotopic (exact) mass is 247 g/mol. The van der Waals surface area contributed by atoms with Crippen LogP contribution in [-0.4, -0.2) is 41.5 Å². The predicted octanol–water partition coefficient (Wildman–Crippen LogP) is 2.02. The summed E-state index contributed by atoms with van der Waals surface area (Å²) in [5.41, 5.74) is 1.93. The molecule has 1 aromatic carbocycles. The Morgan fingerprint density at radius 2 is 2.06 bits per heavy atom. The van der Waals surface area contributed by atoms with E-state index in [2.05, 4.69) is 4.90 Å². The molecule has 1 aromatic rings. The van der Waals surface area contributed by atoms with E-state index in [4.69, 9.17) is 0 Å². The van der Waals surface area contributed by atoms with E-state index in [9.17, 15) is 9.90 Å². The lowest BCUT2D eigenvalue weighted by Gasteiger charge is -2.33. The Hall–Kier alpha value is -1.19. The molecule has 1 saturated heterocycles. The molecule has 1 fully saturated rings. The zero-order chi connectivity index (χ0) is 13.0. The first-order valence-corrected chi connectivity index (χ1v) is 6.65. The lowest BCUT2D eigenvalue weighted by Crippen LogP contribution is -2.44. The lowest BCUT2D eigenvalue weighted by atomic mass is 10.0. The molecule has 0 radical (unpaired) electrons. The van der Waals surface area contributed by atoms with Crippen LogP contribution in [0.1, 0.15) is 35.2 Å². The molecule has 2 rings (SSSR count). The molecular weight excluding hydrogens is 226 g/mol. The van der Waals surface area contributed by atoms with Gasteiger partial charge in [0.05, 0.1) is 13.2 Å². The van der Waals surface area contributed by atoms with Crippen LogP contribution in [0.25, 0.3) is 0 Å². The van der Waals surface area contributed by atoms with Crippen molar-refractivity contribution in [1.29, 1.82) is 0 Å². The van der Waals surface area contributed by atoms with E-state index in [0.717, 1.165) is 36.9 Å². The minimum Gasteiger partial charge on any atom is -0.395 e. The number of carbonyl (C=O) groups is 1. The third kappa shape index (κ3) is 3.18. The van der Waals surface area contributed by atoms with Gasteiger partial charge in [-0.1, -0.05) is 36.2 Å². The maximum atomic E-state index is 12.2. The van der Waals surface area contributed by atoms with Crippen molar-refractivity contribution in [3.63, 3.8) is 0 Å². The van der Waals surface area contributed by atoms with E-state index in [1.807, 2.05) is 31.2 Å². The number of ketones is 1. The van der Waals surface area contributed by atoms with Gasteiger partial charge in [0.2, 0.25) is 0 Å². The number of rotatable bonds is 4. The molecule has 0 aromatic heterocycles. The highest BCUT2D eigenvalue weighted by atomic mass is 16.3. The van der Waals surface area contributed by atoms with Crippen molar-refractivity contribution in [3.8, 4) is 0 Å². The molecular formula is C15H21NO2. The topological polar surface area (TPSA) is 40.5 Å². The maximum Gasteiger partial charge on any atom is 0.176 e. The summed E-state index contributed by atoms with van der Waals surface area (Å²) in [7, 11) is 0. The van der Waals surface area contributed by atoms with E-state index in [0.29, 0.717) is 6.54 Å². The first-order valence-electron chi connectivity index (χ1n) is 6.65. The Morgan fingerprint density at radius 3 is 2.72 bits per heavy atom. The largest absolute Gasteiger partial charge is 0.395 e. The molecule has 1 N–H and O–H groups in total. The molecule has 1 atom stereocenters. The molecule has 1 aliphatic rings. The number of aliphatic hydroxyl groups excluding tert-OH is 1. The van der Waals surface area contributed by atoms with Crippen molar-refractivity contribution in [2.45, 2.75) is 32.2 Å². The molecule has 0 amide bonds. The fraction of sp³-hybridized carbons (Fsp3) is 0.533. The molecule has 98 valence electrons. The summed E-state index contributed by atoms with van der Waals surface area (Å²) >= 11 is 0. The Morgan fingerprint density at radius 1 is 1.33 bits per heavy atom. The van der Waals surface area contributed by atoms with Crippen LogP contribution in [0.5, 0.6) is 0 Å². The minimum absolute atomic E-state index is 0.148. The third-order valence-corrected chi connectivity index (χ3v) is 3.68. The van der Waals surface area contributed by atoms with E-state index >= 15 is 0 Å². The van der Waals surface area contributed by atoms with Gasteiger partial charge in [-0.2, -0.15) is 0 Å². The third-order valence-electron chi connectivity index (χ3n) is 3.68.